The molecule has 24 heavy (non-hydrogen) atoms. The first-order valence-electron chi connectivity index (χ1n) is 7.94. The third-order valence-corrected chi connectivity index (χ3v) is 3.43. The van der Waals surface area contributed by atoms with Crippen LogP contribution in [0.3, 0.4) is 0 Å². The predicted molar refractivity (Wildman–Crippen MR) is 86.3 cm³/mol. The monoisotopic (exact) mass is 334 g/mol. The van der Waals surface area contributed by atoms with Crippen LogP contribution in [0.5, 0.6) is 5.75 Å². The van der Waals surface area contributed by atoms with Crippen LogP contribution in [0.1, 0.15) is 26.7 Å². The Labute approximate surface area is 140 Å². The highest BCUT2D eigenvalue weighted by molar-refractivity contribution is 5.87. The Morgan fingerprint density at radius 2 is 1.83 bits per heavy atom. The molecule has 2 rings (SSSR count). The summed E-state index contributed by atoms with van der Waals surface area (Å²) in [6.45, 7) is 2.79. The van der Waals surface area contributed by atoms with Crippen LogP contribution in [0.2, 0.25) is 0 Å². The van der Waals surface area contributed by atoms with Gasteiger partial charge in [0.2, 0.25) is 0 Å². The second-order valence-electron chi connectivity index (χ2n) is 5.75. The van der Waals surface area contributed by atoms with Gasteiger partial charge in [-0.15, -0.1) is 0 Å². The summed E-state index contributed by atoms with van der Waals surface area (Å²) in [4.78, 5) is 35.4. The Kier molecular flexibility index (Phi) is 6.17. The van der Waals surface area contributed by atoms with Crippen LogP contribution in [0.25, 0.3) is 0 Å². The van der Waals surface area contributed by atoms with E-state index in [1.54, 1.807) is 24.3 Å². The molecule has 1 saturated carbocycles. The Morgan fingerprint density at radius 3 is 2.46 bits per heavy atom. The van der Waals surface area contributed by atoms with Gasteiger partial charge in [0.05, 0.1) is 0 Å². The van der Waals surface area contributed by atoms with E-state index in [0.717, 1.165) is 12.8 Å². The minimum atomic E-state index is -0.891. The second-order valence-corrected chi connectivity index (χ2v) is 5.75. The average molecular weight is 334 g/mol. The first-order chi connectivity index (χ1) is 11.5. The van der Waals surface area contributed by atoms with Gasteiger partial charge in [0.25, 0.3) is 11.8 Å². The van der Waals surface area contributed by atoms with Crippen LogP contribution < -0.4 is 15.4 Å². The number of carbonyl (C=O) groups excluding carboxylic acids is 3. The smallest absolute Gasteiger partial charge is 0.329 e. The first kappa shape index (κ1) is 17.8. The van der Waals surface area contributed by atoms with Crippen molar-refractivity contribution in [2.24, 2.45) is 0 Å². The molecule has 2 amide bonds. The van der Waals surface area contributed by atoms with E-state index in [2.05, 4.69) is 10.6 Å². The molecule has 2 atom stereocenters. The highest BCUT2D eigenvalue weighted by Gasteiger charge is 2.28. The summed E-state index contributed by atoms with van der Waals surface area (Å²) in [5.74, 6) is -0.870. The number of benzene rings is 1. The fraction of sp³-hybridized carbons (Fsp3) is 0.471. The molecule has 0 unspecified atom stereocenters. The highest BCUT2D eigenvalue weighted by Crippen LogP contribution is 2.18. The van der Waals surface area contributed by atoms with Crippen LogP contribution in [-0.2, 0) is 19.1 Å². The van der Waals surface area contributed by atoms with Gasteiger partial charge in [-0.25, -0.2) is 4.79 Å². The van der Waals surface area contributed by atoms with Crippen molar-refractivity contribution in [3.05, 3.63) is 30.3 Å². The van der Waals surface area contributed by atoms with Crippen molar-refractivity contribution in [3.63, 3.8) is 0 Å². The molecule has 0 saturated heterocycles. The number of hydrogen-bond acceptors (Lipinski definition) is 5. The zero-order chi connectivity index (χ0) is 17.5. The molecule has 0 spiro atoms. The van der Waals surface area contributed by atoms with Crippen LogP contribution in [-0.4, -0.2) is 42.6 Å². The molecule has 1 aromatic rings. The molecule has 1 fully saturated rings. The molecule has 0 radical (unpaired) electrons. The Morgan fingerprint density at radius 1 is 1.17 bits per heavy atom. The van der Waals surface area contributed by atoms with Gasteiger partial charge in [-0.3, -0.25) is 9.59 Å². The summed E-state index contributed by atoms with van der Waals surface area (Å²) in [7, 11) is 0. The molecular weight excluding hydrogens is 312 g/mol. The molecule has 7 heteroatoms. The topological polar surface area (TPSA) is 93.7 Å². The number of hydrogen-bond donors (Lipinski definition) is 2. The summed E-state index contributed by atoms with van der Waals surface area (Å²) in [6.07, 6.45) is 1.03. The normalized spacial score (nSPS) is 15.8. The SMILES string of the molecule is C[C@H](NC(=O)COc1ccccc1)C(=O)O[C@H](C)C(=O)NC1CC1. The first-order valence-corrected chi connectivity index (χ1v) is 7.94. The largest absolute Gasteiger partial charge is 0.484 e. The molecule has 0 heterocycles. The molecule has 130 valence electrons. The minimum Gasteiger partial charge on any atom is -0.484 e. The molecule has 1 aliphatic rings. The van der Waals surface area contributed by atoms with Crippen molar-refractivity contribution in [1.29, 1.82) is 0 Å². The van der Waals surface area contributed by atoms with E-state index in [0.29, 0.717) is 5.75 Å². The standard InChI is InChI=1S/C17H22N2O5/c1-11(17(22)24-12(2)16(21)19-13-8-9-13)18-15(20)10-23-14-6-4-3-5-7-14/h3-7,11-13H,8-10H2,1-2H3,(H,18,20)(H,19,21)/t11-,12+/m0/s1. The molecule has 0 aromatic heterocycles. The molecule has 7 nitrogen and oxygen atoms in total. The number of nitrogens with one attached hydrogen (secondary N) is 2. The molecule has 2 N–H and O–H groups in total. The number of ether oxygens (including phenoxy) is 2. The van der Waals surface area contributed by atoms with Crippen LogP contribution in [0.4, 0.5) is 0 Å². The summed E-state index contributed by atoms with van der Waals surface area (Å²) >= 11 is 0. The molecule has 1 aromatic carbocycles. The van der Waals surface area contributed by atoms with Crippen molar-refractivity contribution in [1.82, 2.24) is 10.6 Å². The van der Waals surface area contributed by atoms with E-state index in [1.807, 2.05) is 6.07 Å². The Balaban J connectivity index is 1.69. The fourth-order valence-corrected chi connectivity index (χ4v) is 1.88. The number of carbonyl (C=O) groups is 3. The highest BCUT2D eigenvalue weighted by atomic mass is 16.5. The third-order valence-electron chi connectivity index (χ3n) is 3.43. The summed E-state index contributed by atoms with van der Waals surface area (Å²) in [6, 6.07) is 8.21. The van der Waals surface area contributed by atoms with Crippen LogP contribution in [0.15, 0.2) is 30.3 Å². The zero-order valence-corrected chi connectivity index (χ0v) is 13.8. The Hall–Kier alpha value is -2.57. The van der Waals surface area contributed by atoms with Crippen LogP contribution in [0, 0.1) is 0 Å². The summed E-state index contributed by atoms with van der Waals surface area (Å²) in [5.41, 5.74) is 0. The lowest BCUT2D eigenvalue weighted by atomic mass is 10.3. The molecular formula is C17H22N2O5. The second kappa shape index (κ2) is 8.33. The maximum Gasteiger partial charge on any atom is 0.329 e. The summed E-state index contributed by atoms with van der Waals surface area (Å²) < 4.78 is 10.3. The van der Waals surface area contributed by atoms with Gasteiger partial charge in [0.1, 0.15) is 11.8 Å². The van der Waals surface area contributed by atoms with Crippen LogP contribution >= 0.6 is 0 Å². The fourth-order valence-electron chi connectivity index (χ4n) is 1.88. The van der Waals surface area contributed by atoms with Gasteiger partial charge < -0.3 is 20.1 Å². The van der Waals surface area contributed by atoms with E-state index >= 15 is 0 Å². The maximum absolute atomic E-state index is 11.9. The van der Waals surface area contributed by atoms with Gasteiger partial charge in [-0.05, 0) is 38.8 Å². The lowest BCUT2D eigenvalue weighted by molar-refractivity contribution is -0.157. The third kappa shape index (κ3) is 5.91. The number of rotatable bonds is 8. The molecule has 0 bridgehead atoms. The number of para-hydroxylation sites is 1. The van der Waals surface area contributed by atoms with E-state index in [4.69, 9.17) is 9.47 Å². The van der Waals surface area contributed by atoms with Crippen molar-refractivity contribution >= 4 is 17.8 Å². The number of esters is 1. The maximum atomic E-state index is 11.9. The predicted octanol–water partition coefficient (Wildman–Crippen LogP) is 0.780. The molecule has 1 aliphatic carbocycles. The van der Waals surface area contributed by atoms with Crippen molar-refractivity contribution in [3.8, 4) is 5.75 Å². The van der Waals surface area contributed by atoms with E-state index in [1.165, 1.54) is 13.8 Å². The van der Waals surface area contributed by atoms with E-state index in [-0.39, 0.29) is 18.6 Å². The van der Waals surface area contributed by atoms with Gasteiger partial charge in [0.15, 0.2) is 12.7 Å². The van der Waals surface area contributed by atoms with Gasteiger partial charge in [-0.2, -0.15) is 0 Å². The quantitative estimate of drug-likeness (QED) is 0.685. The Bertz CT molecular complexity index is 586. The lowest BCUT2D eigenvalue weighted by Crippen LogP contribution is -2.45. The lowest BCUT2D eigenvalue weighted by Gasteiger charge is -2.17. The van der Waals surface area contributed by atoms with Gasteiger partial charge in [0, 0.05) is 6.04 Å². The number of amides is 2. The molecule has 0 aliphatic heterocycles. The van der Waals surface area contributed by atoms with Crippen molar-refractivity contribution in [2.75, 3.05) is 6.61 Å². The van der Waals surface area contributed by atoms with Gasteiger partial charge in [-0.1, -0.05) is 18.2 Å². The average Bonchev–Trinajstić information content (AvgIpc) is 3.37. The minimum absolute atomic E-state index is 0.200. The van der Waals surface area contributed by atoms with E-state index < -0.39 is 24.0 Å². The van der Waals surface area contributed by atoms with Gasteiger partial charge >= 0.3 is 5.97 Å². The van der Waals surface area contributed by atoms with E-state index in [9.17, 15) is 14.4 Å². The van der Waals surface area contributed by atoms with Crippen molar-refractivity contribution in [2.45, 2.75) is 44.9 Å². The summed E-state index contributed by atoms with van der Waals surface area (Å²) in [5, 5.41) is 5.23. The van der Waals surface area contributed by atoms with Crippen molar-refractivity contribution < 1.29 is 23.9 Å². The zero-order valence-electron chi connectivity index (χ0n) is 13.8.